The molecule has 0 heterocycles. The van der Waals surface area contributed by atoms with Crippen molar-refractivity contribution in [2.75, 3.05) is 4.90 Å². The van der Waals surface area contributed by atoms with E-state index in [1.807, 2.05) is 0 Å². The van der Waals surface area contributed by atoms with Crippen molar-refractivity contribution in [1.82, 2.24) is 0 Å². The molecule has 0 N–H and O–H groups in total. The molecule has 0 aliphatic rings. The van der Waals surface area contributed by atoms with Crippen LogP contribution in [0.15, 0.2) is 224 Å². The van der Waals surface area contributed by atoms with Crippen LogP contribution in [0.3, 0.4) is 0 Å². The van der Waals surface area contributed by atoms with Gasteiger partial charge in [-0.3, -0.25) is 0 Å². The molecule has 0 amide bonds. The van der Waals surface area contributed by atoms with E-state index in [0.717, 1.165) is 17.1 Å². The smallest absolute Gasteiger partial charge is 0.0462 e. The number of hydrogen-bond donors (Lipinski definition) is 0. The summed E-state index contributed by atoms with van der Waals surface area (Å²) in [7, 11) is 0. The van der Waals surface area contributed by atoms with E-state index >= 15 is 0 Å². The Morgan fingerprint density at radius 2 is 0.655 bits per heavy atom. The Morgan fingerprint density at radius 3 is 1.22 bits per heavy atom. The summed E-state index contributed by atoms with van der Waals surface area (Å²) in [4.78, 5) is 2.35. The standard InChI is InChI=1S/C54H37N/c1-3-13-38(14-4-1)40-23-30-45(31-24-40)55(46-32-25-41(26-33-46)39-15-5-2-6-16-39)47-34-27-43(28-35-47)50-36-29-42-17-7-10-20-49(42)54(50)53-37-44-18-8-9-19-48(44)51-21-11-12-22-52(51)53/h1-37H. The van der Waals surface area contributed by atoms with Gasteiger partial charge in [-0.15, -0.1) is 0 Å². The van der Waals surface area contributed by atoms with E-state index in [1.165, 1.54) is 76.8 Å². The minimum atomic E-state index is 1.10. The highest BCUT2D eigenvalue weighted by molar-refractivity contribution is 6.18. The summed E-state index contributed by atoms with van der Waals surface area (Å²) in [6.45, 7) is 0. The van der Waals surface area contributed by atoms with Gasteiger partial charge in [0.15, 0.2) is 0 Å². The van der Waals surface area contributed by atoms with Crippen LogP contribution < -0.4 is 4.90 Å². The maximum Gasteiger partial charge on any atom is 0.0462 e. The molecule has 0 atom stereocenters. The van der Waals surface area contributed by atoms with Crippen molar-refractivity contribution >= 4 is 49.4 Å². The summed E-state index contributed by atoms with van der Waals surface area (Å²) in [5, 5.41) is 7.55. The lowest BCUT2D eigenvalue weighted by molar-refractivity contribution is 1.28. The molecule has 10 rings (SSSR count). The zero-order chi connectivity index (χ0) is 36.6. The molecule has 0 aromatic heterocycles. The van der Waals surface area contributed by atoms with Crippen LogP contribution in [0.1, 0.15) is 0 Å². The van der Waals surface area contributed by atoms with Crippen LogP contribution in [-0.4, -0.2) is 0 Å². The third-order valence-corrected chi connectivity index (χ3v) is 10.9. The van der Waals surface area contributed by atoms with Crippen molar-refractivity contribution in [2.24, 2.45) is 0 Å². The highest BCUT2D eigenvalue weighted by atomic mass is 15.1. The van der Waals surface area contributed by atoms with Crippen molar-refractivity contribution < 1.29 is 0 Å². The Morgan fingerprint density at radius 1 is 0.236 bits per heavy atom. The maximum atomic E-state index is 2.39. The van der Waals surface area contributed by atoms with Gasteiger partial charge in [0.05, 0.1) is 0 Å². The van der Waals surface area contributed by atoms with Gasteiger partial charge < -0.3 is 4.90 Å². The molecule has 0 saturated heterocycles. The fraction of sp³-hybridized carbons (Fsp3) is 0. The number of fused-ring (bicyclic) bond motifs is 4. The van der Waals surface area contributed by atoms with E-state index in [0.29, 0.717) is 0 Å². The van der Waals surface area contributed by atoms with Crippen LogP contribution in [0, 0.1) is 0 Å². The van der Waals surface area contributed by atoms with E-state index in [-0.39, 0.29) is 0 Å². The van der Waals surface area contributed by atoms with E-state index < -0.39 is 0 Å². The van der Waals surface area contributed by atoms with Gasteiger partial charge in [-0.1, -0.05) is 182 Å². The van der Waals surface area contributed by atoms with Gasteiger partial charge in [-0.25, -0.2) is 0 Å². The SMILES string of the molecule is c1ccc(-c2ccc(N(c3ccc(-c4ccccc4)cc3)c3ccc(-c4ccc5ccccc5c4-c4cc5ccccc5c5ccccc45)cc3)cc2)cc1. The van der Waals surface area contributed by atoms with Gasteiger partial charge in [0, 0.05) is 17.1 Å². The summed E-state index contributed by atoms with van der Waals surface area (Å²) < 4.78 is 0. The normalized spacial score (nSPS) is 11.3. The van der Waals surface area contributed by atoms with Crippen LogP contribution in [0.2, 0.25) is 0 Å². The molecule has 1 nitrogen and oxygen atoms in total. The van der Waals surface area contributed by atoms with Gasteiger partial charge in [-0.05, 0) is 119 Å². The molecule has 0 spiro atoms. The second kappa shape index (κ2) is 14.0. The van der Waals surface area contributed by atoms with Crippen molar-refractivity contribution in [3.8, 4) is 44.5 Å². The topological polar surface area (TPSA) is 3.24 Å². The highest BCUT2D eigenvalue weighted by Crippen LogP contribution is 2.44. The van der Waals surface area contributed by atoms with Gasteiger partial charge >= 0.3 is 0 Å². The van der Waals surface area contributed by atoms with E-state index in [2.05, 4.69) is 229 Å². The lowest BCUT2D eigenvalue weighted by atomic mass is 9.86. The molecule has 10 aromatic rings. The number of benzene rings is 10. The average Bonchev–Trinajstić information content (AvgIpc) is 3.27. The first kappa shape index (κ1) is 32.4. The Labute approximate surface area is 322 Å². The zero-order valence-corrected chi connectivity index (χ0v) is 30.3. The summed E-state index contributed by atoms with van der Waals surface area (Å²) in [6.07, 6.45) is 0. The summed E-state index contributed by atoms with van der Waals surface area (Å²) in [5.74, 6) is 0. The first-order chi connectivity index (χ1) is 27.3. The molecule has 10 aromatic carbocycles. The van der Waals surface area contributed by atoms with E-state index in [1.54, 1.807) is 0 Å². The molecule has 0 saturated carbocycles. The number of anilines is 3. The van der Waals surface area contributed by atoms with Crippen LogP contribution in [0.25, 0.3) is 76.8 Å². The number of rotatable bonds is 7. The van der Waals surface area contributed by atoms with Crippen LogP contribution in [0.5, 0.6) is 0 Å². The highest BCUT2D eigenvalue weighted by Gasteiger charge is 2.18. The van der Waals surface area contributed by atoms with Crippen molar-refractivity contribution in [3.05, 3.63) is 224 Å². The molecule has 0 aliphatic carbocycles. The Balaban J connectivity index is 1.11. The molecule has 0 radical (unpaired) electrons. The summed E-state index contributed by atoms with van der Waals surface area (Å²) in [6, 6.07) is 81.4. The predicted octanol–water partition coefficient (Wildman–Crippen LogP) is 15.3. The lowest BCUT2D eigenvalue weighted by Crippen LogP contribution is -2.09. The molecule has 258 valence electrons. The third kappa shape index (κ3) is 6.02. The van der Waals surface area contributed by atoms with Crippen LogP contribution >= 0.6 is 0 Å². The van der Waals surface area contributed by atoms with Crippen molar-refractivity contribution in [2.45, 2.75) is 0 Å². The molecular formula is C54H37N. The summed E-state index contributed by atoms with van der Waals surface area (Å²) >= 11 is 0. The molecular weight excluding hydrogens is 663 g/mol. The first-order valence-electron chi connectivity index (χ1n) is 18.9. The minimum Gasteiger partial charge on any atom is -0.311 e. The molecule has 55 heavy (non-hydrogen) atoms. The molecule has 0 unspecified atom stereocenters. The number of nitrogens with zero attached hydrogens (tertiary/aromatic N) is 1. The van der Waals surface area contributed by atoms with Gasteiger partial charge in [0.1, 0.15) is 0 Å². The first-order valence-corrected chi connectivity index (χ1v) is 18.9. The maximum absolute atomic E-state index is 2.39. The van der Waals surface area contributed by atoms with Crippen molar-refractivity contribution in [1.29, 1.82) is 0 Å². The molecule has 0 aliphatic heterocycles. The van der Waals surface area contributed by atoms with Crippen LogP contribution in [-0.2, 0) is 0 Å². The van der Waals surface area contributed by atoms with Gasteiger partial charge in [0.2, 0.25) is 0 Å². The molecule has 0 bridgehead atoms. The fourth-order valence-corrected chi connectivity index (χ4v) is 8.17. The Bertz CT molecular complexity index is 2850. The predicted molar refractivity (Wildman–Crippen MR) is 235 cm³/mol. The van der Waals surface area contributed by atoms with Gasteiger partial charge in [-0.2, -0.15) is 0 Å². The second-order valence-corrected chi connectivity index (χ2v) is 14.1. The van der Waals surface area contributed by atoms with Crippen LogP contribution in [0.4, 0.5) is 17.1 Å². The lowest BCUT2D eigenvalue weighted by Gasteiger charge is -2.26. The minimum absolute atomic E-state index is 1.10. The second-order valence-electron chi connectivity index (χ2n) is 14.1. The Kier molecular flexibility index (Phi) is 8.24. The Hall–Kier alpha value is -7.22. The fourth-order valence-electron chi connectivity index (χ4n) is 8.17. The zero-order valence-electron chi connectivity index (χ0n) is 30.3. The third-order valence-electron chi connectivity index (χ3n) is 10.9. The quantitative estimate of drug-likeness (QED) is 0.150. The largest absolute Gasteiger partial charge is 0.311 e. The van der Waals surface area contributed by atoms with Gasteiger partial charge in [0.25, 0.3) is 0 Å². The van der Waals surface area contributed by atoms with E-state index in [4.69, 9.17) is 0 Å². The average molecular weight is 700 g/mol. The summed E-state index contributed by atoms with van der Waals surface area (Å²) in [5.41, 5.74) is 13.0. The molecule has 0 fully saturated rings. The molecule has 1 heteroatoms. The van der Waals surface area contributed by atoms with E-state index in [9.17, 15) is 0 Å². The number of hydrogen-bond acceptors (Lipinski definition) is 1. The monoisotopic (exact) mass is 699 g/mol. The van der Waals surface area contributed by atoms with Crippen molar-refractivity contribution in [3.63, 3.8) is 0 Å².